The molecule has 0 aliphatic heterocycles. The second-order valence-corrected chi connectivity index (χ2v) is 5.79. The number of anilines is 1. The molecule has 1 heterocycles. The Hall–Kier alpha value is -1.47. The number of sulfonamides is 1. The number of rotatable bonds is 4. The Morgan fingerprint density at radius 1 is 1.35 bits per heavy atom. The number of aromatic amines is 1. The first kappa shape index (κ1) is 12.0. The van der Waals surface area contributed by atoms with Gasteiger partial charge in [0.1, 0.15) is 0 Å². The summed E-state index contributed by atoms with van der Waals surface area (Å²) in [5.41, 5.74) is 0.534. The SMILES string of the molecule is CSc1cccc(NS(=O)(=O)c2ccn[nH]2)c1. The van der Waals surface area contributed by atoms with E-state index in [1.54, 1.807) is 30.0 Å². The van der Waals surface area contributed by atoms with E-state index in [2.05, 4.69) is 14.9 Å². The van der Waals surface area contributed by atoms with Gasteiger partial charge in [0, 0.05) is 10.6 Å². The van der Waals surface area contributed by atoms with E-state index in [9.17, 15) is 8.42 Å². The monoisotopic (exact) mass is 269 g/mol. The van der Waals surface area contributed by atoms with Crippen molar-refractivity contribution in [1.29, 1.82) is 0 Å². The number of hydrogen-bond donors (Lipinski definition) is 2. The third-order valence-electron chi connectivity index (χ3n) is 2.09. The first-order chi connectivity index (χ1) is 8.12. The fraction of sp³-hybridized carbons (Fsp3) is 0.100. The molecule has 0 aliphatic carbocycles. The Bertz CT molecular complexity index is 594. The summed E-state index contributed by atoms with van der Waals surface area (Å²) in [7, 11) is -3.57. The lowest BCUT2D eigenvalue weighted by atomic mass is 10.3. The van der Waals surface area contributed by atoms with Gasteiger partial charge in [-0.3, -0.25) is 9.82 Å². The molecule has 2 N–H and O–H groups in total. The molecule has 0 saturated heterocycles. The Morgan fingerprint density at radius 3 is 2.82 bits per heavy atom. The van der Waals surface area contributed by atoms with Crippen LogP contribution in [0.3, 0.4) is 0 Å². The van der Waals surface area contributed by atoms with Crippen molar-refractivity contribution in [2.75, 3.05) is 11.0 Å². The van der Waals surface area contributed by atoms with Crippen LogP contribution in [0.25, 0.3) is 0 Å². The van der Waals surface area contributed by atoms with E-state index in [-0.39, 0.29) is 5.03 Å². The van der Waals surface area contributed by atoms with E-state index in [1.165, 1.54) is 12.3 Å². The number of thioether (sulfide) groups is 1. The number of nitrogens with zero attached hydrogens (tertiary/aromatic N) is 1. The smallest absolute Gasteiger partial charge is 0.278 e. The zero-order chi connectivity index (χ0) is 12.3. The molecule has 5 nitrogen and oxygen atoms in total. The quantitative estimate of drug-likeness (QED) is 0.832. The summed E-state index contributed by atoms with van der Waals surface area (Å²) in [6.45, 7) is 0. The lowest BCUT2D eigenvalue weighted by Crippen LogP contribution is -2.13. The molecule has 0 fully saturated rings. The second kappa shape index (κ2) is 4.80. The maximum Gasteiger partial charge on any atom is 0.278 e. The normalized spacial score (nSPS) is 11.4. The first-order valence-electron chi connectivity index (χ1n) is 4.78. The summed E-state index contributed by atoms with van der Waals surface area (Å²) < 4.78 is 26.2. The summed E-state index contributed by atoms with van der Waals surface area (Å²) in [6.07, 6.45) is 3.33. The molecule has 0 aliphatic rings. The molecule has 0 radical (unpaired) electrons. The summed E-state index contributed by atoms with van der Waals surface area (Å²) in [5.74, 6) is 0. The van der Waals surface area contributed by atoms with E-state index in [0.717, 1.165) is 4.90 Å². The van der Waals surface area contributed by atoms with Gasteiger partial charge in [-0.2, -0.15) is 13.5 Å². The first-order valence-corrected chi connectivity index (χ1v) is 7.49. The minimum atomic E-state index is -3.57. The molecule has 2 aromatic rings. The molecule has 90 valence electrons. The zero-order valence-corrected chi connectivity index (χ0v) is 10.7. The number of benzene rings is 1. The van der Waals surface area contributed by atoms with Gasteiger partial charge in [0.25, 0.3) is 10.0 Å². The van der Waals surface area contributed by atoms with E-state index in [4.69, 9.17) is 0 Å². The highest BCUT2D eigenvalue weighted by atomic mass is 32.2. The van der Waals surface area contributed by atoms with Crippen LogP contribution in [0, 0.1) is 0 Å². The predicted octanol–water partition coefficient (Wildman–Crippen LogP) is 1.93. The third-order valence-corrected chi connectivity index (χ3v) is 4.12. The zero-order valence-electron chi connectivity index (χ0n) is 9.04. The predicted molar refractivity (Wildman–Crippen MR) is 67.6 cm³/mol. The van der Waals surface area contributed by atoms with Crippen LogP contribution in [0.4, 0.5) is 5.69 Å². The molecule has 0 unspecified atom stereocenters. The molecule has 17 heavy (non-hydrogen) atoms. The van der Waals surface area contributed by atoms with Crippen molar-refractivity contribution < 1.29 is 8.42 Å². The van der Waals surface area contributed by atoms with Crippen molar-refractivity contribution in [3.05, 3.63) is 36.5 Å². The standard InChI is InChI=1S/C10H11N3O2S2/c1-16-9-4-2-3-8(7-9)13-17(14,15)10-5-6-11-12-10/h2-7,13H,1H3,(H,11,12). The van der Waals surface area contributed by atoms with Crippen LogP contribution in [0.2, 0.25) is 0 Å². The Kier molecular flexibility index (Phi) is 3.39. The van der Waals surface area contributed by atoms with Gasteiger partial charge in [-0.25, -0.2) is 0 Å². The van der Waals surface area contributed by atoms with Gasteiger partial charge >= 0.3 is 0 Å². The summed E-state index contributed by atoms with van der Waals surface area (Å²) >= 11 is 1.55. The van der Waals surface area contributed by atoms with Crippen molar-refractivity contribution >= 4 is 27.5 Å². The van der Waals surface area contributed by atoms with Gasteiger partial charge in [-0.1, -0.05) is 6.07 Å². The topological polar surface area (TPSA) is 74.8 Å². The van der Waals surface area contributed by atoms with Crippen molar-refractivity contribution in [2.45, 2.75) is 9.92 Å². The molecule has 1 aromatic heterocycles. The fourth-order valence-electron chi connectivity index (χ4n) is 1.29. The maximum atomic E-state index is 11.9. The lowest BCUT2D eigenvalue weighted by Gasteiger charge is -2.06. The van der Waals surface area contributed by atoms with E-state index < -0.39 is 10.0 Å². The highest BCUT2D eigenvalue weighted by Crippen LogP contribution is 2.20. The van der Waals surface area contributed by atoms with Gasteiger partial charge < -0.3 is 0 Å². The van der Waals surface area contributed by atoms with Crippen LogP contribution in [-0.4, -0.2) is 24.9 Å². The summed E-state index contributed by atoms with van der Waals surface area (Å²) in [6, 6.07) is 8.60. The molecule has 0 atom stereocenters. The molecular weight excluding hydrogens is 258 g/mol. The van der Waals surface area contributed by atoms with Gasteiger partial charge in [0.2, 0.25) is 0 Å². The summed E-state index contributed by atoms with van der Waals surface area (Å²) in [4.78, 5) is 0.995. The number of nitrogens with one attached hydrogen (secondary N) is 2. The number of H-pyrrole nitrogens is 1. The van der Waals surface area contributed by atoms with Crippen molar-refractivity contribution in [3.8, 4) is 0 Å². The third kappa shape index (κ3) is 2.80. The minimum Gasteiger partial charge on any atom is -0.278 e. The average Bonchev–Trinajstić information content (AvgIpc) is 2.83. The second-order valence-electron chi connectivity index (χ2n) is 3.26. The number of aromatic nitrogens is 2. The highest BCUT2D eigenvalue weighted by Gasteiger charge is 2.15. The molecular formula is C10H11N3O2S2. The van der Waals surface area contributed by atoms with Crippen LogP contribution >= 0.6 is 11.8 Å². The molecule has 0 saturated carbocycles. The minimum absolute atomic E-state index is 0.0482. The molecule has 0 bridgehead atoms. The van der Waals surface area contributed by atoms with E-state index >= 15 is 0 Å². The van der Waals surface area contributed by atoms with Gasteiger partial charge in [0.15, 0.2) is 5.03 Å². The molecule has 7 heteroatoms. The lowest BCUT2D eigenvalue weighted by molar-refractivity contribution is 0.597. The van der Waals surface area contributed by atoms with Crippen LogP contribution < -0.4 is 4.72 Å². The van der Waals surface area contributed by atoms with Crippen molar-refractivity contribution in [2.24, 2.45) is 0 Å². The molecule has 0 spiro atoms. The van der Waals surface area contributed by atoms with Crippen molar-refractivity contribution in [1.82, 2.24) is 10.2 Å². The molecule has 1 aromatic carbocycles. The molecule has 2 rings (SSSR count). The fourth-order valence-corrected chi connectivity index (χ4v) is 2.71. The van der Waals surface area contributed by atoms with Crippen molar-refractivity contribution in [3.63, 3.8) is 0 Å². The van der Waals surface area contributed by atoms with E-state index in [1.807, 2.05) is 12.3 Å². The summed E-state index contributed by atoms with van der Waals surface area (Å²) in [5, 5.41) is 6.08. The molecule has 0 amide bonds. The Balaban J connectivity index is 2.26. The van der Waals surface area contributed by atoms with Gasteiger partial charge in [-0.05, 0) is 30.5 Å². The highest BCUT2D eigenvalue weighted by molar-refractivity contribution is 7.98. The average molecular weight is 269 g/mol. The van der Waals surface area contributed by atoms with E-state index in [0.29, 0.717) is 5.69 Å². The van der Waals surface area contributed by atoms with Gasteiger partial charge in [-0.15, -0.1) is 11.8 Å². The van der Waals surface area contributed by atoms with Crippen LogP contribution in [0.5, 0.6) is 0 Å². The Labute approximate surface area is 104 Å². The maximum absolute atomic E-state index is 11.9. The van der Waals surface area contributed by atoms with Crippen LogP contribution in [-0.2, 0) is 10.0 Å². The Morgan fingerprint density at radius 2 is 2.18 bits per heavy atom. The van der Waals surface area contributed by atoms with Crippen LogP contribution in [0.1, 0.15) is 0 Å². The van der Waals surface area contributed by atoms with Crippen LogP contribution in [0.15, 0.2) is 46.5 Å². The largest absolute Gasteiger partial charge is 0.278 e. The van der Waals surface area contributed by atoms with Gasteiger partial charge in [0.05, 0.1) is 6.20 Å². The number of hydrogen-bond acceptors (Lipinski definition) is 4.